The van der Waals surface area contributed by atoms with Crippen LogP contribution in [0.15, 0.2) is 58.2 Å². The number of halogens is 1. The molecule has 1 atom stereocenters. The highest BCUT2D eigenvalue weighted by atomic mass is 79.9. The summed E-state index contributed by atoms with van der Waals surface area (Å²) >= 11 is 4.84. The number of aliphatic hydroxyl groups is 1. The molecule has 0 radical (unpaired) electrons. The van der Waals surface area contributed by atoms with E-state index in [4.69, 9.17) is 5.73 Å². The molecule has 0 aliphatic carbocycles. The van der Waals surface area contributed by atoms with E-state index < -0.39 is 5.60 Å². The Labute approximate surface area is 125 Å². The topological polar surface area (TPSA) is 59.1 Å². The first-order valence-corrected chi connectivity index (χ1v) is 7.64. The van der Waals surface area contributed by atoms with Crippen LogP contribution in [0.25, 0.3) is 0 Å². The van der Waals surface area contributed by atoms with Gasteiger partial charge in [-0.25, -0.2) is 4.98 Å². The molecule has 3 nitrogen and oxygen atoms in total. The van der Waals surface area contributed by atoms with Gasteiger partial charge in [-0.2, -0.15) is 0 Å². The van der Waals surface area contributed by atoms with E-state index in [2.05, 4.69) is 20.9 Å². The summed E-state index contributed by atoms with van der Waals surface area (Å²) in [6.45, 7) is 0.181. The Morgan fingerprint density at radius 1 is 1.21 bits per heavy atom. The van der Waals surface area contributed by atoms with Crippen LogP contribution in [-0.4, -0.2) is 22.4 Å². The van der Waals surface area contributed by atoms with Crippen molar-refractivity contribution >= 4 is 27.7 Å². The Kier molecular flexibility index (Phi) is 4.99. The largest absolute Gasteiger partial charge is 0.383 e. The third-order valence-corrected chi connectivity index (χ3v) is 4.44. The molecule has 0 aliphatic rings. The predicted molar refractivity (Wildman–Crippen MR) is 82.1 cm³/mol. The Hall–Kier alpha value is -0.880. The van der Waals surface area contributed by atoms with Gasteiger partial charge in [0.25, 0.3) is 0 Å². The number of benzene rings is 1. The van der Waals surface area contributed by atoms with E-state index in [1.54, 1.807) is 6.20 Å². The summed E-state index contributed by atoms with van der Waals surface area (Å²) in [5, 5.41) is 11.5. The van der Waals surface area contributed by atoms with Crippen LogP contribution in [0.5, 0.6) is 0 Å². The molecule has 0 saturated heterocycles. The minimum absolute atomic E-state index is 0.181. The van der Waals surface area contributed by atoms with Gasteiger partial charge in [0, 0.05) is 23.0 Å². The van der Waals surface area contributed by atoms with E-state index >= 15 is 0 Å². The highest BCUT2D eigenvalue weighted by molar-refractivity contribution is 9.10. The summed E-state index contributed by atoms with van der Waals surface area (Å²) in [5.74, 6) is 0.474. The average Bonchev–Trinajstić information content (AvgIpc) is 2.47. The van der Waals surface area contributed by atoms with Crippen LogP contribution >= 0.6 is 27.7 Å². The van der Waals surface area contributed by atoms with Crippen molar-refractivity contribution in [3.05, 3.63) is 58.7 Å². The van der Waals surface area contributed by atoms with Gasteiger partial charge in [-0.1, -0.05) is 30.3 Å². The zero-order chi connectivity index (χ0) is 13.7. The van der Waals surface area contributed by atoms with E-state index in [1.807, 2.05) is 42.5 Å². The van der Waals surface area contributed by atoms with E-state index in [0.717, 1.165) is 15.1 Å². The second kappa shape index (κ2) is 6.52. The Bertz CT molecular complexity index is 521. The molecule has 0 bridgehead atoms. The molecule has 2 rings (SSSR count). The molecular weight excluding hydrogens is 324 g/mol. The molecule has 0 amide bonds. The molecule has 0 fully saturated rings. The molecule has 0 aliphatic heterocycles. The number of rotatable bonds is 5. The van der Waals surface area contributed by atoms with Crippen LogP contribution in [0, 0.1) is 0 Å². The molecule has 0 spiro atoms. The first-order valence-electron chi connectivity index (χ1n) is 5.86. The lowest BCUT2D eigenvalue weighted by molar-refractivity contribution is 0.0721. The van der Waals surface area contributed by atoms with Crippen LogP contribution in [0.3, 0.4) is 0 Å². The summed E-state index contributed by atoms with van der Waals surface area (Å²) in [6.07, 6.45) is 1.74. The zero-order valence-corrected chi connectivity index (χ0v) is 12.7. The lowest BCUT2D eigenvalue weighted by atomic mass is 9.96. The van der Waals surface area contributed by atoms with Crippen molar-refractivity contribution in [1.29, 1.82) is 0 Å². The third kappa shape index (κ3) is 3.79. The summed E-state index contributed by atoms with van der Waals surface area (Å²) in [7, 11) is 0. The maximum absolute atomic E-state index is 10.6. The SMILES string of the molecule is NCC(O)(CSc1ccc(Br)cn1)c1ccccc1. The van der Waals surface area contributed by atoms with Crippen molar-refractivity contribution in [2.75, 3.05) is 12.3 Å². The second-order valence-corrected chi connectivity index (χ2v) is 6.12. The first kappa shape index (κ1) is 14.5. The monoisotopic (exact) mass is 338 g/mol. The standard InChI is InChI=1S/C14H15BrN2OS/c15-12-6-7-13(17-8-12)19-10-14(18,9-16)11-4-2-1-3-5-11/h1-8,18H,9-10,16H2. The van der Waals surface area contributed by atoms with Crippen LogP contribution in [0.4, 0.5) is 0 Å². The van der Waals surface area contributed by atoms with Crippen LogP contribution < -0.4 is 5.73 Å². The van der Waals surface area contributed by atoms with Gasteiger partial charge in [-0.3, -0.25) is 0 Å². The molecule has 19 heavy (non-hydrogen) atoms. The summed E-state index contributed by atoms with van der Waals surface area (Å²) in [5.41, 5.74) is 5.54. The van der Waals surface area contributed by atoms with Gasteiger partial charge in [0.1, 0.15) is 5.60 Å². The van der Waals surface area contributed by atoms with Gasteiger partial charge in [-0.05, 0) is 33.6 Å². The molecule has 1 heterocycles. The van der Waals surface area contributed by atoms with E-state index in [0.29, 0.717) is 5.75 Å². The number of pyridine rings is 1. The van der Waals surface area contributed by atoms with Gasteiger partial charge in [-0.15, -0.1) is 11.8 Å². The van der Waals surface area contributed by atoms with Gasteiger partial charge in [0.2, 0.25) is 0 Å². The molecule has 1 unspecified atom stereocenters. The van der Waals surface area contributed by atoms with E-state index in [1.165, 1.54) is 11.8 Å². The number of aromatic nitrogens is 1. The van der Waals surface area contributed by atoms with Gasteiger partial charge in [0.15, 0.2) is 0 Å². The van der Waals surface area contributed by atoms with Crippen LogP contribution in [0.2, 0.25) is 0 Å². The fourth-order valence-corrected chi connectivity index (χ4v) is 2.85. The summed E-state index contributed by atoms with van der Waals surface area (Å²) in [4.78, 5) is 4.27. The maximum atomic E-state index is 10.6. The van der Waals surface area contributed by atoms with E-state index in [-0.39, 0.29) is 6.54 Å². The fourth-order valence-electron chi connectivity index (χ4n) is 1.65. The Morgan fingerprint density at radius 2 is 1.95 bits per heavy atom. The zero-order valence-electron chi connectivity index (χ0n) is 10.3. The number of nitrogens with two attached hydrogens (primary N) is 1. The van der Waals surface area contributed by atoms with Gasteiger partial charge < -0.3 is 10.8 Å². The Balaban J connectivity index is 2.09. The number of hydrogen-bond acceptors (Lipinski definition) is 4. The molecule has 0 saturated carbocycles. The third-order valence-electron chi connectivity index (χ3n) is 2.81. The van der Waals surface area contributed by atoms with Gasteiger partial charge in [0.05, 0.1) is 5.03 Å². The van der Waals surface area contributed by atoms with Crippen molar-refractivity contribution in [2.24, 2.45) is 5.73 Å². The first-order chi connectivity index (χ1) is 9.14. The normalized spacial score (nSPS) is 14.1. The average molecular weight is 339 g/mol. The van der Waals surface area contributed by atoms with Crippen molar-refractivity contribution in [3.8, 4) is 0 Å². The summed E-state index contributed by atoms with van der Waals surface area (Å²) in [6, 6.07) is 13.3. The molecule has 5 heteroatoms. The number of nitrogens with zero attached hydrogens (tertiary/aromatic N) is 1. The van der Waals surface area contributed by atoms with Crippen molar-refractivity contribution in [2.45, 2.75) is 10.6 Å². The van der Waals surface area contributed by atoms with Crippen LogP contribution in [-0.2, 0) is 5.60 Å². The second-order valence-electron chi connectivity index (χ2n) is 4.21. The number of thioether (sulfide) groups is 1. The molecule has 1 aromatic heterocycles. The highest BCUT2D eigenvalue weighted by Crippen LogP contribution is 2.28. The van der Waals surface area contributed by atoms with E-state index in [9.17, 15) is 5.11 Å². The van der Waals surface area contributed by atoms with Crippen molar-refractivity contribution in [1.82, 2.24) is 4.98 Å². The van der Waals surface area contributed by atoms with Crippen molar-refractivity contribution < 1.29 is 5.11 Å². The maximum Gasteiger partial charge on any atom is 0.111 e. The predicted octanol–water partition coefficient (Wildman–Crippen LogP) is 2.78. The smallest absolute Gasteiger partial charge is 0.111 e. The fraction of sp³-hybridized carbons (Fsp3) is 0.214. The minimum atomic E-state index is -1.03. The van der Waals surface area contributed by atoms with Crippen molar-refractivity contribution in [3.63, 3.8) is 0 Å². The minimum Gasteiger partial charge on any atom is -0.383 e. The lowest BCUT2D eigenvalue weighted by Gasteiger charge is -2.26. The van der Waals surface area contributed by atoms with Gasteiger partial charge >= 0.3 is 0 Å². The quantitative estimate of drug-likeness (QED) is 0.823. The molecule has 1 aromatic carbocycles. The molecule has 100 valence electrons. The highest BCUT2D eigenvalue weighted by Gasteiger charge is 2.27. The lowest BCUT2D eigenvalue weighted by Crippen LogP contribution is -2.37. The molecule has 3 N–H and O–H groups in total. The summed E-state index contributed by atoms with van der Waals surface area (Å²) < 4.78 is 0.939. The Morgan fingerprint density at radius 3 is 2.53 bits per heavy atom. The molecular formula is C14H15BrN2OS. The molecule has 2 aromatic rings. The van der Waals surface area contributed by atoms with Crippen LogP contribution in [0.1, 0.15) is 5.56 Å². The number of hydrogen-bond donors (Lipinski definition) is 2.